The average molecular weight is 354 g/mol. The van der Waals surface area contributed by atoms with Crippen molar-refractivity contribution in [3.63, 3.8) is 0 Å². The van der Waals surface area contributed by atoms with Crippen molar-refractivity contribution < 1.29 is 13.6 Å². The van der Waals surface area contributed by atoms with Crippen molar-refractivity contribution in [2.24, 2.45) is 5.73 Å². The zero-order valence-electron chi connectivity index (χ0n) is 15.1. The summed E-state index contributed by atoms with van der Waals surface area (Å²) in [5, 5.41) is 2.91. The lowest BCUT2D eigenvalue weighted by atomic mass is 10.3. The van der Waals surface area contributed by atoms with Gasteiger partial charge in [-0.15, -0.1) is 0 Å². The van der Waals surface area contributed by atoms with Gasteiger partial charge in [0.2, 0.25) is 0 Å². The summed E-state index contributed by atoms with van der Waals surface area (Å²) in [6.45, 7) is 8.97. The van der Waals surface area contributed by atoms with Crippen LogP contribution in [0.1, 0.15) is 20.3 Å². The van der Waals surface area contributed by atoms with Crippen LogP contribution in [0, 0.1) is 0 Å². The van der Waals surface area contributed by atoms with E-state index in [4.69, 9.17) is 14.6 Å². The Morgan fingerprint density at radius 3 is 2.33 bits per heavy atom. The van der Waals surface area contributed by atoms with Crippen LogP contribution < -0.4 is 11.1 Å². The summed E-state index contributed by atoms with van der Waals surface area (Å²) in [6.07, 6.45) is 0.838. The Hall–Kier alpha value is -1.41. The van der Waals surface area contributed by atoms with Gasteiger partial charge in [0.15, 0.2) is 0 Å². The Morgan fingerprint density at radius 2 is 1.79 bits per heavy atom. The normalized spacial score (nSPS) is 11.3. The number of nitrogens with zero attached hydrogens (tertiary/aromatic N) is 1. The molecule has 1 rings (SSSR count). The van der Waals surface area contributed by atoms with Gasteiger partial charge in [0.25, 0.3) is 0 Å². The van der Waals surface area contributed by atoms with E-state index in [2.05, 4.69) is 11.9 Å². The fraction of sp³-hybridized carbons (Fsp3) is 0.588. The summed E-state index contributed by atoms with van der Waals surface area (Å²) < 4.78 is 11.7. The Kier molecular flexibility index (Phi) is 9.62. The summed E-state index contributed by atoms with van der Waals surface area (Å²) >= 11 is 0. The number of urea groups is 1. The zero-order chi connectivity index (χ0) is 17.8. The van der Waals surface area contributed by atoms with E-state index in [0.717, 1.165) is 18.2 Å². The first-order valence-electron chi connectivity index (χ1n) is 8.63. The van der Waals surface area contributed by atoms with E-state index in [0.29, 0.717) is 32.8 Å². The number of benzene rings is 1. The molecule has 0 fully saturated rings. The lowest BCUT2D eigenvalue weighted by Gasteiger charge is -2.28. The molecule has 136 valence electrons. The topological polar surface area (TPSA) is 76.8 Å². The molecule has 3 N–H and O–H groups in total. The molecule has 2 amide bonds. The van der Waals surface area contributed by atoms with E-state index in [1.165, 1.54) is 0 Å². The van der Waals surface area contributed by atoms with E-state index in [1.807, 2.05) is 44.2 Å². The van der Waals surface area contributed by atoms with Crippen molar-refractivity contribution in [3.05, 3.63) is 30.3 Å². The van der Waals surface area contributed by atoms with Crippen molar-refractivity contribution >= 4 is 20.3 Å². The van der Waals surface area contributed by atoms with E-state index < -0.39 is 8.56 Å². The highest BCUT2D eigenvalue weighted by molar-refractivity contribution is 6.66. The van der Waals surface area contributed by atoms with Gasteiger partial charge in [-0.1, -0.05) is 18.2 Å². The van der Waals surface area contributed by atoms with Crippen LogP contribution in [0.25, 0.3) is 0 Å². The maximum atomic E-state index is 12.4. The van der Waals surface area contributed by atoms with Crippen LogP contribution in [-0.4, -0.2) is 52.3 Å². The molecule has 0 saturated heterocycles. The van der Waals surface area contributed by atoms with E-state index in [-0.39, 0.29) is 6.03 Å². The number of amides is 2. The second-order valence-corrected chi connectivity index (χ2v) is 9.02. The second-order valence-electron chi connectivity index (χ2n) is 5.68. The molecule has 0 aliphatic rings. The molecule has 0 aromatic heterocycles. The molecule has 0 spiro atoms. The lowest BCUT2D eigenvalue weighted by Crippen LogP contribution is -2.42. The quantitative estimate of drug-likeness (QED) is 0.600. The lowest BCUT2D eigenvalue weighted by molar-refractivity contribution is 0.185. The standard InChI is InChI=1S/C17H31N3O3Si/c1-4-22-24(3,23-5-2)15-9-13-20(14-12-18)17(21)19-16-10-7-6-8-11-16/h6-8,10-11H,4-5,9,12-15,18H2,1-3H3,(H,19,21). The van der Waals surface area contributed by atoms with Gasteiger partial charge in [-0.25, -0.2) is 4.79 Å². The maximum absolute atomic E-state index is 12.4. The summed E-state index contributed by atoms with van der Waals surface area (Å²) in [7, 11) is -2.14. The molecule has 24 heavy (non-hydrogen) atoms. The Balaban J connectivity index is 2.54. The summed E-state index contributed by atoms with van der Waals surface area (Å²) in [5.41, 5.74) is 6.44. The smallest absolute Gasteiger partial charge is 0.334 e. The molecule has 0 unspecified atom stereocenters. The van der Waals surface area contributed by atoms with Gasteiger partial charge in [-0.3, -0.25) is 0 Å². The van der Waals surface area contributed by atoms with Gasteiger partial charge >= 0.3 is 14.6 Å². The van der Waals surface area contributed by atoms with Crippen LogP contribution in [0.5, 0.6) is 0 Å². The highest BCUT2D eigenvalue weighted by Gasteiger charge is 2.30. The third kappa shape index (κ3) is 7.44. The zero-order valence-corrected chi connectivity index (χ0v) is 16.1. The molecule has 7 heteroatoms. The van der Waals surface area contributed by atoms with Gasteiger partial charge in [0, 0.05) is 38.5 Å². The van der Waals surface area contributed by atoms with Crippen LogP contribution in [0.3, 0.4) is 0 Å². The number of para-hydroxylation sites is 1. The average Bonchev–Trinajstić information content (AvgIpc) is 2.55. The monoisotopic (exact) mass is 353 g/mol. The molecular weight excluding hydrogens is 322 g/mol. The van der Waals surface area contributed by atoms with Crippen LogP contribution in [0.2, 0.25) is 12.6 Å². The van der Waals surface area contributed by atoms with Crippen molar-refractivity contribution in [1.29, 1.82) is 0 Å². The molecule has 6 nitrogen and oxygen atoms in total. The molecule has 0 aliphatic carbocycles. The predicted octanol–water partition coefficient (Wildman–Crippen LogP) is 3.01. The third-order valence-electron chi connectivity index (χ3n) is 3.67. The van der Waals surface area contributed by atoms with Crippen LogP contribution >= 0.6 is 0 Å². The molecule has 0 aliphatic heterocycles. The molecule has 0 heterocycles. The van der Waals surface area contributed by atoms with Gasteiger partial charge in [0.05, 0.1) is 0 Å². The van der Waals surface area contributed by atoms with Gasteiger partial charge in [-0.05, 0) is 45.0 Å². The van der Waals surface area contributed by atoms with Crippen molar-refractivity contribution in [2.75, 3.05) is 38.2 Å². The first-order chi connectivity index (χ1) is 11.5. The number of nitrogens with one attached hydrogen (secondary N) is 1. The van der Waals surface area contributed by atoms with Crippen molar-refractivity contribution in [3.8, 4) is 0 Å². The van der Waals surface area contributed by atoms with E-state index in [1.54, 1.807) is 4.90 Å². The minimum Gasteiger partial charge on any atom is -0.395 e. The first-order valence-corrected chi connectivity index (χ1v) is 11.2. The number of carbonyl (C=O) groups is 1. The molecule has 1 aromatic carbocycles. The van der Waals surface area contributed by atoms with Gasteiger partial charge in [0.1, 0.15) is 0 Å². The van der Waals surface area contributed by atoms with Gasteiger partial charge < -0.3 is 24.8 Å². The van der Waals surface area contributed by atoms with Crippen molar-refractivity contribution in [2.45, 2.75) is 32.9 Å². The highest BCUT2D eigenvalue weighted by atomic mass is 28.4. The van der Waals surface area contributed by atoms with Gasteiger partial charge in [-0.2, -0.15) is 0 Å². The Bertz CT molecular complexity index is 467. The SMILES string of the molecule is CCO[Si](C)(CCCN(CCN)C(=O)Nc1ccccc1)OCC. The molecule has 0 saturated carbocycles. The van der Waals surface area contributed by atoms with Crippen LogP contribution in [0.15, 0.2) is 30.3 Å². The summed E-state index contributed by atoms with van der Waals surface area (Å²) in [5.74, 6) is 0. The number of hydrogen-bond acceptors (Lipinski definition) is 4. The Labute approximate surface area is 146 Å². The number of carbonyl (C=O) groups excluding carboxylic acids is 1. The maximum Gasteiger partial charge on any atom is 0.334 e. The molecule has 0 radical (unpaired) electrons. The van der Waals surface area contributed by atoms with Crippen LogP contribution in [0.4, 0.5) is 10.5 Å². The first kappa shape index (κ1) is 20.6. The minimum absolute atomic E-state index is 0.122. The molecular formula is C17H31N3O3Si. The van der Waals surface area contributed by atoms with E-state index in [9.17, 15) is 4.79 Å². The third-order valence-corrected chi connectivity index (χ3v) is 6.73. The second kappa shape index (κ2) is 11.2. The largest absolute Gasteiger partial charge is 0.395 e. The molecule has 0 bridgehead atoms. The van der Waals surface area contributed by atoms with Crippen LogP contribution in [-0.2, 0) is 8.85 Å². The Morgan fingerprint density at radius 1 is 1.17 bits per heavy atom. The van der Waals surface area contributed by atoms with E-state index >= 15 is 0 Å². The predicted molar refractivity (Wildman–Crippen MR) is 100 cm³/mol. The molecule has 1 aromatic rings. The number of anilines is 1. The fourth-order valence-corrected chi connectivity index (χ4v) is 4.98. The number of hydrogen-bond donors (Lipinski definition) is 2. The number of rotatable bonds is 11. The highest BCUT2D eigenvalue weighted by Crippen LogP contribution is 2.16. The summed E-state index contributed by atoms with van der Waals surface area (Å²) in [4.78, 5) is 14.2. The minimum atomic E-state index is -2.14. The summed E-state index contributed by atoms with van der Waals surface area (Å²) in [6, 6.07) is 10.2. The number of nitrogens with two attached hydrogens (primary N) is 1. The van der Waals surface area contributed by atoms with Crippen molar-refractivity contribution in [1.82, 2.24) is 4.90 Å². The fourth-order valence-electron chi connectivity index (χ4n) is 2.58. The molecule has 0 atom stereocenters.